The molecule has 0 aliphatic carbocycles. The van der Waals surface area contributed by atoms with Crippen molar-refractivity contribution < 1.29 is 0 Å². The molecule has 0 aliphatic rings. The summed E-state index contributed by atoms with van der Waals surface area (Å²) in [5.41, 5.74) is 0. The van der Waals surface area contributed by atoms with Gasteiger partial charge in [-0.3, -0.25) is 0 Å². The highest BCUT2D eigenvalue weighted by Gasteiger charge is 2.10. The smallest absolute Gasteiger partial charge is 0.104 e. The standard InChI is InChI=1S/C4H6Br2Cl2/c5-2-1-3(6)4(7)8/h3-4H,1-2H2. The van der Waals surface area contributed by atoms with Gasteiger partial charge >= 0.3 is 0 Å². The van der Waals surface area contributed by atoms with Gasteiger partial charge in [0.25, 0.3) is 0 Å². The van der Waals surface area contributed by atoms with Crippen LogP contribution in [0.25, 0.3) is 0 Å². The molecule has 0 saturated heterocycles. The van der Waals surface area contributed by atoms with Crippen molar-refractivity contribution in [2.45, 2.75) is 16.1 Å². The number of hydrogen-bond donors (Lipinski definition) is 0. The van der Waals surface area contributed by atoms with Gasteiger partial charge in [-0.05, 0) is 6.42 Å². The highest BCUT2D eigenvalue weighted by atomic mass is 79.9. The monoisotopic (exact) mass is 282 g/mol. The minimum atomic E-state index is -0.299. The molecule has 0 aliphatic heterocycles. The SMILES string of the molecule is ClC(Cl)C(Br)CCBr. The van der Waals surface area contributed by atoms with Crippen molar-refractivity contribution in [1.29, 1.82) is 0 Å². The summed E-state index contributed by atoms with van der Waals surface area (Å²) >= 11 is 17.6. The molecule has 0 amide bonds. The summed E-state index contributed by atoms with van der Waals surface area (Å²) in [6.45, 7) is 0. The van der Waals surface area contributed by atoms with E-state index in [1.54, 1.807) is 0 Å². The summed E-state index contributed by atoms with van der Waals surface area (Å²) in [4.78, 5) is -0.0854. The summed E-state index contributed by atoms with van der Waals surface area (Å²) in [6.07, 6.45) is 0.956. The van der Waals surface area contributed by atoms with Crippen molar-refractivity contribution in [2.75, 3.05) is 5.33 Å². The predicted molar refractivity (Wildman–Crippen MR) is 46.6 cm³/mol. The molecule has 0 radical (unpaired) electrons. The Morgan fingerprint density at radius 1 is 1.38 bits per heavy atom. The maximum Gasteiger partial charge on any atom is 0.120 e. The van der Waals surface area contributed by atoms with Crippen molar-refractivity contribution in [2.24, 2.45) is 0 Å². The molecule has 0 heterocycles. The Balaban J connectivity index is 3.17. The first-order valence-electron chi connectivity index (χ1n) is 2.16. The van der Waals surface area contributed by atoms with Gasteiger partial charge in [0.2, 0.25) is 0 Å². The maximum absolute atomic E-state index is 5.50. The van der Waals surface area contributed by atoms with Crippen LogP contribution in [0.1, 0.15) is 6.42 Å². The van der Waals surface area contributed by atoms with E-state index in [1.165, 1.54) is 0 Å². The number of alkyl halides is 4. The molecule has 0 nitrogen and oxygen atoms in total. The molecule has 8 heavy (non-hydrogen) atoms. The van der Waals surface area contributed by atoms with Gasteiger partial charge in [-0.2, -0.15) is 0 Å². The number of hydrogen-bond acceptors (Lipinski definition) is 0. The van der Waals surface area contributed by atoms with Crippen LogP contribution < -0.4 is 0 Å². The average molecular weight is 285 g/mol. The van der Waals surface area contributed by atoms with E-state index in [4.69, 9.17) is 23.2 Å². The van der Waals surface area contributed by atoms with Crippen LogP contribution >= 0.6 is 55.1 Å². The molecule has 0 saturated carbocycles. The molecule has 0 rings (SSSR count). The van der Waals surface area contributed by atoms with Crippen molar-refractivity contribution in [1.82, 2.24) is 0 Å². The van der Waals surface area contributed by atoms with Crippen molar-refractivity contribution in [3.05, 3.63) is 0 Å². The third-order valence-corrected chi connectivity index (χ3v) is 3.32. The van der Waals surface area contributed by atoms with Crippen LogP contribution in [-0.4, -0.2) is 15.0 Å². The molecule has 1 atom stereocenters. The third-order valence-electron chi connectivity index (χ3n) is 0.658. The lowest BCUT2D eigenvalue weighted by Gasteiger charge is -2.05. The fourth-order valence-electron chi connectivity index (χ4n) is 0.230. The summed E-state index contributed by atoms with van der Waals surface area (Å²) in [5.74, 6) is 0. The van der Waals surface area contributed by atoms with E-state index in [0.29, 0.717) is 0 Å². The first kappa shape index (κ1) is 9.54. The Bertz CT molecular complexity index is 58.0. The summed E-state index contributed by atoms with van der Waals surface area (Å²) in [6, 6.07) is 0. The quantitative estimate of drug-likeness (QED) is 0.698. The second-order valence-electron chi connectivity index (χ2n) is 1.33. The second kappa shape index (κ2) is 5.33. The lowest BCUT2D eigenvalue weighted by molar-refractivity contribution is 0.911. The van der Waals surface area contributed by atoms with E-state index >= 15 is 0 Å². The van der Waals surface area contributed by atoms with Crippen LogP contribution in [0.15, 0.2) is 0 Å². The van der Waals surface area contributed by atoms with Crippen molar-refractivity contribution >= 4 is 55.1 Å². The summed E-state index contributed by atoms with van der Waals surface area (Å²) in [7, 11) is 0. The molecule has 0 aromatic carbocycles. The molecule has 1 unspecified atom stereocenters. The zero-order chi connectivity index (χ0) is 6.57. The maximum atomic E-state index is 5.50. The largest absolute Gasteiger partial charge is 0.120 e. The van der Waals surface area contributed by atoms with Gasteiger partial charge in [0, 0.05) is 10.2 Å². The summed E-state index contributed by atoms with van der Waals surface area (Å²) in [5, 5.41) is 0.929. The molecule has 0 N–H and O–H groups in total. The second-order valence-corrected chi connectivity index (χ2v) is 4.46. The molecule has 0 aromatic heterocycles. The van der Waals surface area contributed by atoms with Gasteiger partial charge in [-0.1, -0.05) is 31.9 Å². The van der Waals surface area contributed by atoms with Gasteiger partial charge in [0.15, 0.2) is 0 Å². The highest BCUT2D eigenvalue weighted by Crippen LogP contribution is 2.19. The fraction of sp³-hybridized carbons (Fsp3) is 1.00. The average Bonchev–Trinajstić information content (AvgIpc) is 1.67. The molecule has 50 valence electrons. The molecule has 0 fully saturated rings. The Kier molecular flexibility index (Phi) is 6.36. The highest BCUT2D eigenvalue weighted by molar-refractivity contribution is 9.10. The first-order chi connectivity index (χ1) is 3.68. The Labute approximate surface area is 76.2 Å². The minimum Gasteiger partial charge on any atom is -0.104 e. The summed E-state index contributed by atoms with van der Waals surface area (Å²) < 4.78 is 0. The number of halogens is 4. The van der Waals surface area contributed by atoms with Gasteiger partial charge in [-0.15, -0.1) is 23.2 Å². The van der Waals surface area contributed by atoms with Crippen LogP contribution in [0, 0.1) is 0 Å². The molecular weight excluding hydrogens is 279 g/mol. The first-order valence-corrected chi connectivity index (χ1v) is 5.07. The van der Waals surface area contributed by atoms with E-state index in [0.717, 1.165) is 11.8 Å². The minimum absolute atomic E-state index is 0.213. The Hall–Kier alpha value is 1.54. The molecule has 0 bridgehead atoms. The van der Waals surface area contributed by atoms with Crippen LogP contribution in [-0.2, 0) is 0 Å². The molecule has 4 heteroatoms. The van der Waals surface area contributed by atoms with E-state index in [2.05, 4.69) is 31.9 Å². The van der Waals surface area contributed by atoms with E-state index in [-0.39, 0.29) is 9.66 Å². The van der Waals surface area contributed by atoms with E-state index in [1.807, 2.05) is 0 Å². The molecule has 0 spiro atoms. The molecular formula is C4H6Br2Cl2. The molecule has 0 aromatic rings. The lowest BCUT2D eigenvalue weighted by Crippen LogP contribution is -2.07. The Morgan fingerprint density at radius 3 is 2.00 bits per heavy atom. The Morgan fingerprint density at radius 2 is 1.88 bits per heavy atom. The topological polar surface area (TPSA) is 0 Å². The van der Waals surface area contributed by atoms with Gasteiger partial charge in [-0.25, -0.2) is 0 Å². The van der Waals surface area contributed by atoms with Crippen LogP contribution in [0.3, 0.4) is 0 Å². The third kappa shape index (κ3) is 4.42. The zero-order valence-corrected chi connectivity index (χ0v) is 8.76. The number of rotatable bonds is 3. The van der Waals surface area contributed by atoms with Gasteiger partial charge < -0.3 is 0 Å². The van der Waals surface area contributed by atoms with Crippen molar-refractivity contribution in [3.8, 4) is 0 Å². The van der Waals surface area contributed by atoms with Crippen molar-refractivity contribution in [3.63, 3.8) is 0 Å². The fourth-order valence-corrected chi connectivity index (χ4v) is 1.82. The lowest BCUT2D eigenvalue weighted by atomic mass is 10.4. The normalized spacial score (nSPS) is 14.6. The van der Waals surface area contributed by atoms with E-state index in [9.17, 15) is 0 Å². The van der Waals surface area contributed by atoms with Crippen LogP contribution in [0.2, 0.25) is 0 Å². The van der Waals surface area contributed by atoms with Crippen LogP contribution in [0.5, 0.6) is 0 Å². The van der Waals surface area contributed by atoms with E-state index < -0.39 is 0 Å². The predicted octanol–water partition coefficient (Wildman–Crippen LogP) is 3.34. The van der Waals surface area contributed by atoms with Crippen LogP contribution in [0.4, 0.5) is 0 Å². The van der Waals surface area contributed by atoms with Gasteiger partial charge in [0.1, 0.15) is 4.84 Å². The zero-order valence-electron chi connectivity index (χ0n) is 4.08. The van der Waals surface area contributed by atoms with Gasteiger partial charge in [0.05, 0.1) is 0 Å².